The van der Waals surface area contributed by atoms with E-state index in [1.54, 1.807) is 4.90 Å². The zero-order valence-electron chi connectivity index (χ0n) is 14.5. The van der Waals surface area contributed by atoms with E-state index in [2.05, 4.69) is 18.2 Å². The van der Waals surface area contributed by atoms with Crippen LogP contribution in [0.3, 0.4) is 0 Å². The fourth-order valence-corrected chi connectivity index (χ4v) is 4.45. The van der Waals surface area contributed by atoms with Crippen LogP contribution in [-0.4, -0.2) is 10.2 Å². The number of hydrogen-bond acceptors (Lipinski definition) is 3. The van der Waals surface area contributed by atoms with Crippen molar-refractivity contribution in [2.45, 2.75) is 13.8 Å². The summed E-state index contributed by atoms with van der Waals surface area (Å²) in [5.41, 5.74) is 4.13. The van der Waals surface area contributed by atoms with Gasteiger partial charge in [0.1, 0.15) is 0 Å². The number of carbonyl (C=O) groups is 1. The van der Waals surface area contributed by atoms with E-state index in [0.717, 1.165) is 33.2 Å². The van der Waals surface area contributed by atoms with Crippen molar-refractivity contribution in [3.05, 3.63) is 82.3 Å². The van der Waals surface area contributed by atoms with Gasteiger partial charge in [-0.25, -0.2) is 0 Å². The normalized spacial score (nSPS) is 16.1. The minimum Gasteiger partial charge on any atom is -0.268 e. The first-order valence-corrected chi connectivity index (χ1v) is 9.60. The van der Waals surface area contributed by atoms with Gasteiger partial charge in [-0.3, -0.25) is 9.69 Å². The first-order chi connectivity index (χ1) is 12.6. The molecular formula is C22H17NOS2. The van der Waals surface area contributed by atoms with Gasteiger partial charge in [0.2, 0.25) is 0 Å². The van der Waals surface area contributed by atoms with Gasteiger partial charge in [0, 0.05) is 0 Å². The van der Waals surface area contributed by atoms with Crippen molar-refractivity contribution in [3.63, 3.8) is 0 Å². The molecule has 3 aromatic carbocycles. The second-order valence-corrected chi connectivity index (χ2v) is 7.98. The maximum atomic E-state index is 13.1. The predicted octanol–water partition coefficient (Wildman–Crippen LogP) is 5.86. The Kier molecular flexibility index (Phi) is 4.39. The van der Waals surface area contributed by atoms with Crippen LogP contribution in [0.1, 0.15) is 16.7 Å². The van der Waals surface area contributed by atoms with Crippen LogP contribution < -0.4 is 4.90 Å². The lowest BCUT2D eigenvalue weighted by Crippen LogP contribution is -2.28. The number of rotatable bonds is 2. The Morgan fingerprint density at radius 2 is 1.69 bits per heavy atom. The number of hydrogen-bond donors (Lipinski definition) is 0. The minimum atomic E-state index is -0.0540. The predicted molar refractivity (Wildman–Crippen MR) is 116 cm³/mol. The molecule has 1 fully saturated rings. The molecule has 0 aliphatic carbocycles. The molecule has 3 aromatic rings. The molecule has 4 rings (SSSR count). The summed E-state index contributed by atoms with van der Waals surface area (Å²) in [6.07, 6.45) is 1.95. The highest BCUT2D eigenvalue weighted by atomic mass is 32.2. The number of thiocarbonyl (C=S) groups is 1. The zero-order chi connectivity index (χ0) is 18.3. The molecule has 1 heterocycles. The smallest absolute Gasteiger partial charge is 0.268 e. The number of benzene rings is 3. The molecule has 0 saturated carbocycles. The van der Waals surface area contributed by atoms with Gasteiger partial charge in [-0.05, 0) is 53.5 Å². The number of thioether (sulfide) groups is 1. The van der Waals surface area contributed by atoms with E-state index in [9.17, 15) is 4.79 Å². The Balaban J connectivity index is 1.78. The largest absolute Gasteiger partial charge is 0.270 e. The topological polar surface area (TPSA) is 20.3 Å². The summed E-state index contributed by atoms with van der Waals surface area (Å²) >= 11 is 6.88. The van der Waals surface area contributed by atoms with Crippen molar-refractivity contribution >= 4 is 56.7 Å². The molecule has 1 amide bonds. The van der Waals surface area contributed by atoms with Crippen LogP contribution in [0.2, 0.25) is 0 Å². The fourth-order valence-electron chi connectivity index (χ4n) is 3.17. The molecule has 2 nitrogen and oxygen atoms in total. The van der Waals surface area contributed by atoms with Crippen LogP contribution in [0.4, 0.5) is 5.69 Å². The molecule has 128 valence electrons. The average molecular weight is 376 g/mol. The second-order valence-electron chi connectivity index (χ2n) is 6.30. The van der Waals surface area contributed by atoms with Gasteiger partial charge in [0.15, 0.2) is 4.32 Å². The van der Waals surface area contributed by atoms with Crippen molar-refractivity contribution < 1.29 is 4.79 Å². The van der Waals surface area contributed by atoms with Crippen LogP contribution in [-0.2, 0) is 4.79 Å². The summed E-state index contributed by atoms with van der Waals surface area (Å²) in [4.78, 5) is 15.4. The molecule has 1 saturated heterocycles. The highest BCUT2D eigenvalue weighted by Crippen LogP contribution is 2.38. The van der Waals surface area contributed by atoms with Gasteiger partial charge in [0.25, 0.3) is 5.91 Å². The summed E-state index contributed by atoms with van der Waals surface area (Å²) in [6.45, 7) is 4.07. The molecule has 0 radical (unpaired) electrons. The van der Waals surface area contributed by atoms with Crippen molar-refractivity contribution in [2.75, 3.05) is 4.90 Å². The molecule has 0 N–H and O–H groups in total. The molecule has 26 heavy (non-hydrogen) atoms. The van der Waals surface area contributed by atoms with Gasteiger partial charge in [0.05, 0.1) is 10.6 Å². The van der Waals surface area contributed by atoms with Gasteiger partial charge in [-0.1, -0.05) is 78.6 Å². The Hall–Kier alpha value is -2.43. The lowest BCUT2D eigenvalue weighted by atomic mass is 10.0. The molecule has 1 aliphatic rings. The molecule has 1 aliphatic heterocycles. The first kappa shape index (κ1) is 17.0. The van der Waals surface area contributed by atoms with Crippen LogP contribution in [0.25, 0.3) is 16.8 Å². The highest BCUT2D eigenvalue weighted by Gasteiger charge is 2.34. The summed E-state index contributed by atoms with van der Waals surface area (Å²) in [6, 6.07) is 20.3. The first-order valence-electron chi connectivity index (χ1n) is 8.38. The molecule has 0 bridgehead atoms. The van der Waals surface area contributed by atoms with E-state index in [4.69, 9.17) is 12.2 Å². The quantitative estimate of drug-likeness (QED) is 0.413. The monoisotopic (exact) mass is 375 g/mol. The summed E-state index contributed by atoms with van der Waals surface area (Å²) < 4.78 is 0.579. The van der Waals surface area contributed by atoms with Crippen LogP contribution in [0, 0.1) is 13.8 Å². The van der Waals surface area contributed by atoms with Crippen molar-refractivity contribution in [3.8, 4) is 0 Å². The molecule has 0 atom stereocenters. The van der Waals surface area contributed by atoms with Gasteiger partial charge in [-0.15, -0.1) is 0 Å². The van der Waals surface area contributed by atoms with Gasteiger partial charge < -0.3 is 0 Å². The molecule has 0 aromatic heterocycles. The lowest BCUT2D eigenvalue weighted by molar-refractivity contribution is -0.113. The maximum Gasteiger partial charge on any atom is 0.270 e. The van der Waals surface area contributed by atoms with Gasteiger partial charge in [-0.2, -0.15) is 0 Å². The van der Waals surface area contributed by atoms with Gasteiger partial charge >= 0.3 is 0 Å². The van der Waals surface area contributed by atoms with Crippen molar-refractivity contribution in [1.82, 2.24) is 0 Å². The number of anilines is 1. The van der Waals surface area contributed by atoms with E-state index in [1.165, 1.54) is 11.8 Å². The SMILES string of the molecule is Cc1cccc(N2C(=O)C(=Cc3cccc4ccccc34)SC2=S)c1C. The van der Waals surface area contributed by atoms with Crippen molar-refractivity contribution in [1.29, 1.82) is 0 Å². The van der Waals surface area contributed by atoms with Crippen LogP contribution in [0.15, 0.2) is 65.6 Å². The van der Waals surface area contributed by atoms with Crippen LogP contribution >= 0.6 is 24.0 Å². The van der Waals surface area contributed by atoms with E-state index in [1.807, 2.05) is 62.4 Å². The van der Waals surface area contributed by atoms with E-state index < -0.39 is 0 Å². The summed E-state index contributed by atoms with van der Waals surface area (Å²) in [7, 11) is 0. The Morgan fingerprint density at radius 3 is 2.54 bits per heavy atom. The van der Waals surface area contributed by atoms with E-state index >= 15 is 0 Å². The Bertz CT molecular complexity index is 1080. The van der Waals surface area contributed by atoms with Crippen LogP contribution in [0.5, 0.6) is 0 Å². The zero-order valence-corrected chi connectivity index (χ0v) is 16.2. The van der Waals surface area contributed by atoms with Crippen molar-refractivity contribution in [2.24, 2.45) is 0 Å². The number of aryl methyl sites for hydroxylation is 1. The van der Waals surface area contributed by atoms with E-state index in [-0.39, 0.29) is 5.91 Å². The summed E-state index contributed by atoms with van der Waals surface area (Å²) in [5.74, 6) is -0.0540. The molecule has 4 heteroatoms. The Labute approximate surface area is 162 Å². The third-order valence-electron chi connectivity index (χ3n) is 4.72. The number of carbonyl (C=O) groups excluding carboxylic acids is 1. The third-order valence-corrected chi connectivity index (χ3v) is 6.02. The highest BCUT2D eigenvalue weighted by molar-refractivity contribution is 8.27. The third kappa shape index (κ3) is 2.85. The average Bonchev–Trinajstić information content (AvgIpc) is 2.91. The lowest BCUT2D eigenvalue weighted by Gasteiger charge is -2.18. The fraction of sp³-hybridized carbons (Fsp3) is 0.0909. The second kappa shape index (κ2) is 6.71. The number of nitrogens with zero attached hydrogens (tertiary/aromatic N) is 1. The maximum absolute atomic E-state index is 13.1. The number of fused-ring (bicyclic) bond motifs is 1. The molecular weight excluding hydrogens is 358 g/mol. The molecule has 0 spiro atoms. The Morgan fingerprint density at radius 1 is 0.962 bits per heavy atom. The standard InChI is InChI=1S/C22H17NOS2/c1-14-7-5-12-19(15(14)2)23-21(24)20(26-22(23)25)13-17-10-6-9-16-8-3-4-11-18(16)17/h3-13H,1-2H3. The van der Waals surface area contributed by atoms with E-state index in [0.29, 0.717) is 9.23 Å². The number of amides is 1. The summed E-state index contributed by atoms with van der Waals surface area (Å²) in [5, 5.41) is 2.29. The minimum absolute atomic E-state index is 0.0540. The molecule has 0 unspecified atom stereocenters.